The zero-order valence-corrected chi connectivity index (χ0v) is 12.7. The van der Waals surface area contributed by atoms with Crippen molar-refractivity contribution in [1.29, 1.82) is 0 Å². The molecule has 1 heterocycles. The maximum atomic E-state index is 12.5. The van der Waals surface area contributed by atoms with E-state index in [2.05, 4.69) is 0 Å². The number of thiophene rings is 1. The van der Waals surface area contributed by atoms with Crippen LogP contribution in [0.1, 0.15) is 23.5 Å². The number of halogens is 1. The molecule has 0 aliphatic carbocycles. The minimum Gasteiger partial charge on any atom is -0.480 e. The Morgan fingerprint density at radius 1 is 1.35 bits per heavy atom. The van der Waals surface area contributed by atoms with E-state index in [-0.39, 0.29) is 18.5 Å². The molecule has 2 aromatic rings. The molecule has 6 heteroatoms. The summed E-state index contributed by atoms with van der Waals surface area (Å²) in [6.45, 7) is 3.23. The number of amides is 1. The number of rotatable bonds is 4. The van der Waals surface area contributed by atoms with E-state index >= 15 is 0 Å². The number of hydrogen-bond acceptors (Lipinski definition) is 3. The minimum absolute atomic E-state index is 0.208. The fourth-order valence-electron chi connectivity index (χ4n) is 1.92. The van der Waals surface area contributed by atoms with Gasteiger partial charge >= 0.3 is 5.97 Å². The molecule has 0 saturated carbocycles. The van der Waals surface area contributed by atoms with Crippen LogP contribution in [-0.4, -0.2) is 34.5 Å². The topological polar surface area (TPSA) is 57.6 Å². The van der Waals surface area contributed by atoms with E-state index in [1.54, 1.807) is 13.8 Å². The van der Waals surface area contributed by atoms with Crippen LogP contribution in [0.5, 0.6) is 0 Å². The van der Waals surface area contributed by atoms with Gasteiger partial charge in [-0.05, 0) is 19.9 Å². The van der Waals surface area contributed by atoms with Crippen molar-refractivity contribution < 1.29 is 14.7 Å². The number of carboxylic acids is 1. The molecule has 1 aromatic carbocycles. The molecule has 0 bridgehead atoms. The molecular weight excluding hydrogens is 298 g/mol. The fourth-order valence-corrected chi connectivity index (χ4v) is 3.38. The molecule has 20 heavy (non-hydrogen) atoms. The lowest BCUT2D eigenvalue weighted by Crippen LogP contribution is -2.40. The van der Waals surface area contributed by atoms with Crippen molar-refractivity contribution in [2.75, 3.05) is 6.54 Å². The van der Waals surface area contributed by atoms with Gasteiger partial charge in [0.25, 0.3) is 5.91 Å². The molecule has 0 aliphatic rings. The van der Waals surface area contributed by atoms with Crippen molar-refractivity contribution in [2.45, 2.75) is 19.9 Å². The van der Waals surface area contributed by atoms with E-state index in [0.29, 0.717) is 9.90 Å². The SMILES string of the molecule is CC(C)N(CC(=O)O)C(=O)c1sc2ccccc2c1Cl. The van der Waals surface area contributed by atoms with Gasteiger partial charge in [0.2, 0.25) is 0 Å². The lowest BCUT2D eigenvalue weighted by atomic mass is 10.2. The van der Waals surface area contributed by atoms with Crippen molar-refractivity contribution in [3.8, 4) is 0 Å². The van der Waals surface area contributed by atoms with E-state index < -0.39 is 5.97 Å². The maximum Gasteiger partial charge on any atom is 0.323 e. The molecule has 0 fully saturated rings. The number of nitrogens with zero attached hydrogens (tertiary/aromatic N) is 1. The Morgan fingerprint density at radius 2 is 2.00 bits per heavy atom. The van der Waals surface area contributed by atoms with Crippen LogP contribution in [0.2, 0.25) is 5.02 Å². The smallest absolute Gasteiger partial charge is 0.323 e. The number of hydrogen-bond donors (Lipinski definition) is 1. The average Bonchev–Trinajstić information content (AvgIpc) is 2.73. The van der Waals surface area contributed by atoms with Crippen LogP contribution in [0.15, 0.2) is 24.3 Å². The van der Waals surface area contributed by atoms with Gasteiger partial charge in [0.1, 0.15) is 11.4 Å². The second-order valence-electron chi connectivity index (χ2n) is 4.66. The third kappa shape index (κ3) is 2.78. The molecule has 1 N–H and O–H groups in total. The molecule has 0 aliphatic heterocycles. The first-order valence-electron chi connectivity index (χ1n) is 6.11. The quantitative estimate of drug-likeness (QED) is 0.940. The summed E-state index contributed by atoms with van der Waals surface area (Å²) in [7, 11) is 0. The zero-order valence-electron chi connectivity index (χ0n) is 11.1. The average molecular weight is 312 g/mol. The molecule has 106 valence electrons. The van der Waals surface area contributed by atoms with Crippen LogP contribution >= 0.6 is 22.9 Å². The minimum atomic E-state index is -1.04. The molecule has 4 nitrogen and oxygen atoms in total. The van der Waals surface area contributed by atoms with Crippen LogP contribution in [0.25, 0.3) is 10.1 Å². The monoisotopic (exact) mass is 311 g/mol. The number of carboxylic acid groups (broad SMARTS) is 1. The molecule has 0 radical (unpaired) electrons. The highest BCUT2D eigenvalue weighted by molar-refractivity contribution is 7.21. The number of carbonyl (C=O) groups excluding carboxylic acids is 1. The fraction of sp³-hybridized carbons (Fsp3) is 0.286. The molecule has 0 unspecified atom stereocenters. The highest BCUT2D eigenvalue weighted by Gasteiger charge is 2.25. The first-order valence-corrected chi connectivity index (χ1v) is 7.31. The van der Waals surface area contributed by atoms with Crippen molar-refractivity contribution in [1.82, 2.24) is 4.90 Å². The Kier molecular flexibility index (Phi) is 4.30. The Labute approximate surface area is 125 Å². The van der Waals surface area contributed by atoms with E-state index in [0.717, 1.165) is 10.1 Å². The van der Waals surface area contributed by atoms with Gasteiger partial charge in [0.05, 0.1) is 5.02 Å². The van der Waals surface area contributed by atoms with Gasteiger partial charge < -0.3 is 10.0 Å². The summed E-state index contributed by atoms with van der Waals surface area (Å²) in [6.07, 6.45) is 0. The molecular formula is C14H14ClNO3S. The zero-order chi connectivity index (χ0) is 14.9. The van der Waals surface area contributed by atoms with Gasteiger partial charge in [-0.1, -0.05) is 29.8 Å². The highest BCUT2D eigenvalue weighted by Crippen LogP contribution is 2.36. The van der Waals surface area contributed by atoms with Crippen molar-refractivity contribution in [3.05, 3.63) is 34.2 Å². The second-order valence-corrected chi connectivity index (χ2v) is 6.09. The normalized spacial score (nSPS) is 11.0. The molecule has 0 saturated heterocycles. The third-order valence-corrected chi connectivity index (χ3v) is 4.58. The van der Waals surface area contributed by atoms with Gasteiger partial charge in [-0.25, -0.2) is 0 Å². The summed E-state index contributed by atoms with van der Waals surface area (Å²) >= 11 is 7.54. The lowest BCUT2D eigenvalue weighted by molar-refractivity contribution is -0.138. The van der Waals surface area contributed by atoms with Crippen molar-refractivity contribution >= 4 is 44.9 Å². The Balaban J connectivity index is 2.43. The van der Waals surface area contributed by atoms with Gasteiger partial charge in [0, 0.05) is 16.1 Å². The summed E-state index contributed by atoms with van der Waals surface area (Å²) in [5, 5.41) is 10.1. The summed E-state index contributed by atoms with van der Waals surface area (Å²) in [4.78, 5) is 25.1. The molecule has 0 atom stereocenters. The van der Waals surface area contributed by atoms with E-state index in [9.17, 15) is 9.59 Å². The van der Waals surface area contributed by atoms with Crippen LogP contribution in [0.3, 0.4) is 0 Å². The highest BCUT2D eigenvalue weighted by atomic mass is 35.5. The number of benzene rings is 1. The first-order chi connectivity index (χ1) is 9.41. The summed E-state index contributed by atoms with van der Waals surface area (Å²) in [6, 6.07) is 7.26. The lowest BCUT2D eigenvalue weighted by Gasteiger charge is -2.24. The second kappa shape index (κ2) is 5.81. The van der Waals surface area contributed by atoms with E-state index in [1.807, 2.05) is 24.3 Å². The maximum absolute atomic E-state index is 12.5. The van der Waals surface area contributed by atoms with Crippen LogP contribution in [-0.2, 0) is 4.79 Å². The van der Waals surface area contributed by atoms with Gasteiger partial charge in [0.15, 0.2) is 0 Å². The molecule has 1 amide bonds. The van der Waals surface area contributed by atoms with E-state index in [4.69, 9.17) is 16.7 Å². The Morgan fingerprint density at radius 3 is 2.55 bits per heavy atom. The number of aliphatic carboxylic acids is 1. The summed E-state index contributed by atoms with van der Waals surface area (Å²) in [5.74, 6) is -1.38. The largest absolute Gasteiger partial charge is 0.480 e. The number of fused-ring (bicyclic) bond motifs is 1. The van der Waals surface area contributed by atoms with Crippen LogP contribution in [0, 0.1) is 0 Å². The molecule has 1 aromatic heterocycles. The molecule has 2 rings (SSSR count). The van der Waals surface area contributed by atoms with Crippen LogP contribution in [0.4, 0.5) is 0 Å². The van der Waals surface area contributed by atoms with Gasteiger partial charge in [-0.3, -0.25) is 9.59 Å². The predicted octanol–water partition coefficient (Wildman–Crippen LogP) is 3.49. The number of carbonyl (C=O) groups is 2. The van der Waals surface area contributed by atoms with Crippen molar-refractivity contribution in [2.24, 2.45) is 0 Å². The third-order valence-electron chi connectivity index (χ3n) is 2.92. The molecule has 0 spiro atoms. The Bertz CT molecular complexity index is 665. The van der Waals surface area contributed by atoms with Crippen LogP contribution < -0.4 is 0 Å². The Hall–Kier alpha value is -1.59. The van der Waals surface area contributed by atoms with Gasteiger partial charge in [-0.2, -0.15) is 0 Å². The van der Waals surface area contributed by atoms with Gasteiger partial charge in [-0.15, -0.1) is 11.3 Å². The summed E-state index contributed by atoms with van der Waals surface area (Å²) < 4.78 is 0.917. The van der Waals surface area contributed by atoms with E-state index in [1.165, 1.54) is 16.2 Å². The van der Waals surface area contributed by atoms with Crippen molar-refractivity contribution in [3.63, 3.8) is 0 Å². The predicted molar refractivity (Wildman–Crippen MR) is 80.6 cm³/mol. The standard InChI is InChI=1S/C14H14ClNO3S/c1-8(2)16(7-11(17)18)14(19)13-12(15)9-5-3-4-6-10(9)20-13/h3-6,8H,7H2,1-2H3,(H,17,18). The first kappa shape index (κ1) is 14.8. The summed E-state index contributed by atoms with van der Waals surface area (Å²) in [5.41, 5.74) is 0.